The van der Waals surface area contributed by atoms with Crippen molar-refractivity contribution in [2.75, 3.05) is 27.9 Å². The molecule has 2 rings (SSSR count). The Balaban J connectivity index is 1.90. The van der Waals surface area contributed by atoms with Crippen LogP contribution in [0.15, 0.2) is 12.1 Å². The van der Waals surface area contributed by atoms with Crippen LogP contribution in [0.4, 0.5) is 4.79 Å². The van der Waals surface area contributed by atoms with Gasteiger partial charge >= 0.3 is 6.03 Å². The first-order valence-corrected chi connectivity index (χ1v) is 8.01. The lowest BCUT2D eigenvalue weighted by molar-refractivity contribution is 0.237. The average Bonchev–Trinajstić information content (AvgIpc) is 3.06. The van der Waals surface area contributed by atoms with Crippen LogP contribution >= 0.6 is 0 Å². The van der Waals surface area contributed by atoms with Gasteiger partial charge in [0.15, 0.2) is 11.5 Å². The van der Waals surface area contributed by atoms with Gasteiger partial charge in [-0.05, 0) is 25.3 Å². The first-order chi connectivity index (χ1) is 11.2. The summed E-state index contributed by atoms with van der Waals surface area (Å²) in [6.45, 7) is 0.532. The lowest BCUT2D eigenvalue weighted by Crippen LogP contribution is -2.41. The molecule has 0 saturated heterocycles. The van der Waals surface area contributed by atoms with Crippen LogP contribution in [-0.2, 0) is 6.42 Å². The van der Waals surface area contributed by atoms with Crippen LogP contribution in [0.1, 0.15) is 31.2 Å². The van der Waals surface area contributed by atoms with Crippen LogP contribution in [0.25, 0.3) is 0 Å². The number of amides is 2. The largest absolute Gasteiger partial charge is 0.493 e. The molecule has 128 valence electrons. The maximum absolute atomic E-state index is 11.9. The van der Waals surface area contributed by atoms with Gasteiger partial charge in [-0.2, -0.15) is 0 Å². The number of carbonyl (C=O) groups is 1. The van der Waals surface area contributed by atoms with Gasteiger partial charge in [0.05, 0.1) is 21.3 Å². The van der Waals surface area contributed by atoms with E-state index < -0.39 is 0 Å². The summed E-state index contributed by atoms with van der Waals surface area (Å²) >= 11 is 0. The number of benzene rings is 1. The van der Waals surface area contributed by atoms with E-state index in [9.17, 15) is 4.79 Å². The smallest absolute Gasteiger partial charge is 0.315 e. The summed E-state index contributed by atoms with van der Waals surface area (Å²) in [6.07, 6.45) is 5.22. The molecule has 1 saturated carbocycles. The van der Waals surface area contributed by atoms with Crippen LogP contribution in [-0.4, -0.2) is 39.9 Å². The molecule has 0 bridgehead atoms. The highest BCUT2D eigenvalue weighted by atomic mass is 16.5. The molecule has 23 heavy (non-hydrogen) atoms. The summed E-state index contributed by atoms with van der Waals surface area (Å²) in [7, 11) is 4.77. The number of nitrogens with one attached hydrogen (secondary N) is 2. The molecule has 2 N–H and O–H groups in total. The fraction of sp³-hybridized carbons (Fsp3) is 0.588. The Bertz CT molecular complexity index is 528. The Morgan fingerprint density at radius 2 is 1.78 bits per heavy atom. The topological polar surface area (TPSA) is 68.8 Å². The predicted molar refractivity (Wildman–Crippen MR) is 88.6 cm³/mol. The highest BCUT2D eigenvalue weighted by molar-refractivity contribution is 5.74. The predicted octanol–water partition coefficient (Wildman–Crippen LogP) is 2.50. The molecule has 6 nitrogen and oxygen atoms in total. The number of ether oxygens (including phenoxy) is 3. The summed E-state index contributed by atoms with van der Waals surface area (Å²) in [5.41, 5.74) is 0.964. The Morgan fingerprint density at radius 3 is 2.39 bits per heavy atom. The molecule has 0 aromatic heterocycles. The van der Waals surface area contributed by atoms with E-state index in [1.54, 1.807) is 21.3 Å². The number of methoxy groups -OCH3 is 3. The molecule has 1 aliphatic rings. The van der Waals surface area contributed by atoms with Crippen LogP contribution in [0, 0.1) is 0 Å². The Morgan fingerprint density at radius 1 is 1.09 bits per heavy atom. The van der Waals surface area contributed by atoms with Crippen molar-refractivity contribution in [1.82, 2.24) is 10.6 Å². The maximum atomic E-state index is 11.9. The van der Waals surface area contributed by atoms with Gasteiger partial charge in [0.25, 0.3) is 0 Å². The molecule has 1 aliphatic carbocycles. The summed E-state index contributed by atoms with van der Waals surface area (Å²) in [6, 6.07) is 3.99. The molecule has 1 aromatic rings. The van der Waals surface area contributed by atoms with E-state index in [1.807, 2.05) is 12.1 Å². The van der Waals surface area contributed by atoms with Crippen molar-refractivity contribution in [2.45, 2.75) is 38.1 Å². The van der Waals surface area contributed by atoms with Crippen molar-refractivity contribution in [3.8, 4) is 17.2 Å². The minimum absolute atomic E-state index is 0.101. The molecular weight excluding hydrogens is 296 g/mol. The molecule has 6 heteroatoms. The highest BCUT2D eigenvalue weighted by Crippen LogP contribution is 2.39. The molecule has 1 aromatic carbocycles. The van der Waals surface area contributed by atoms with E-state index in [0.717, 1.165) is 18.4 Å². The fourth-order valence-corrected chi connectivity index (χ4v) is 2.98. The minimum Gasteiger partial charge on any atom is -0.493 e. The molecule has 2 amide bonds. The van der Waals surface area contributed by atoms with E-state index in [-0.39, 0.29) is 6.03 Å². The van der Waals surface area contributed by atoms with Crippen molar-refractivity contribution in [3.63, 3.8) is 0 Å². The van der Waals surface area contributed by atoms with Crippen molar-refractivity contribution in [2.24, 2.45) is 0 Å². The van der Waals surface area contributed by atoms with Gasteiger partial charge in [0.1, 0.15) is 0 Å². The molecule has 0 heterocycles. The second-order valence-corrected chi connectivity index (χ2v) is 5.63. The third-order valence-corrected chi connectivity index (χ3v) is 4.16. The third kappa shape index (κ3) is 4.43. The van der Waals surface area contributed by atoms with E-state index >= 15 is 0 Å². The van der Waals surface area contributed by atoms with Crippen LogP contribution < -0.4 is 24.8 Å². The SMILES string of the molecule is COc1ccc(CCNC(=O)NC2CCCC2)c(OC)c1OC. The quantitative estimate of drug-likeness (QED) is 0.809. The Labute approximate surface area is 137 Å². The van der Waals surface area contributed by atoms with Crippen LogP contribution in [0.2, 0.25) is 0 Å². The molecule has 0 unspecified atom stereocenters. The second kappa shape index (κ2) is 8.50. The minimum atomic E-state index is -0.101. The van der Waals surface area contributed by atoms with Crippen LogP contribution in [0.5, 0.6) is 17.2 Å². The number of hydrogen-bond donors (Lipinski definition) is 2. The molecular formula is C17H26N2O4. The van der Waals surface area contributed by atoms with Crippen LogP contribution in [0.3, 0.4) is 0 Å². The monoisotopic (exact) mass is 322 g/mol. The number of carbonyl (C=O) groups excluding carboxylic acids is 1. The fourth-order valence-electron chi connectivity index (χ4n) is 2.98. The Hall–Kier alpha value is -2.11. The van der Waals surface area contributed by atoms with Crippen molar-refractivity contribution >= 4 is 6.03 Å². The summed E-state index contributed by atoms with van der Waals surface area (Å²) in [4.78, 5) is 11.9. The summed E-state index contributed by atoms with van der Waals surface area (Å²) < 4.78 is 16.1. The number of rotatable bonds is 7. The second-order valence-electron chi connectivity index (χ2n) is 5.63. The zero-order chi connectivity index (χ0) is 16.7. The summed E-state index contributed by atoms with van der Waals surface area (Å²) in [5.74, 6) is 1.84. The average molecular weight is 322 g/mol. The van der Waals surface area contributed by atoms with Gasteiger partial charge in [0, 0.05) is 18.2 Å². The molecule has 0 spiro atoms. The van der Waals surface area contributed by atoms with Crippen molar-refractivity contribution in [1.29, 1.82) is 0 Å². The lowest BCUT2D eigenvalue weighted by atomic mass is 10.1. The number of hydrogen-bond acceptors (Lipinski definition) is 4. The standard InChI is InChI=1S/C17H26N2O4/c1-21-14-9-8-12(15(22-2)16(14)23-3)10-11-18-17(20)19-13-6-4-5-7-13/h8-9,13H,4-7,10-11H2,1-3H3,(H2,18,19,20). The molecule has 0 radical (unpaired) electrons. The first-order valence-electron chi connectivity index (χ1n) is 8.01. The van der Waals surface area contributed by atoms with Gasteiger partial charge in [-0.1, -0.05) is 18.9 Å². The lowest BCUT2D eigenvalue weighted by Gasteiger charge is -2.16. The first kappa shape index (κ1) is 17.2. The van der Waals surface area contributed by atoms with Gasteiger partial charge in [-0.15, -0.1) is 0 Å². The van der Waals surface area contributed by atoms with Crippen molar-refractivity contribution < 1.29 is 19.0 Å². The third-order valence-electron chi connectivity index (χ3n) is 4.16. The molecule has 0 aliphatic heterocycles. The normalized spacial score (nSPS) is 14.4. The zero-order valence-corrected chi connectivity index (χ0v) is 14.1. The van der Waals surface area contributed by atoms with E-state index in [1.165, 1.54) is 12.8 Å². The van der Waals surface area contributed by atoms with E-state index in [4.69, 9.17) is 14.2 Å². The van der Waals surface area contributed by atoms with E-state index in [0.29, 0.717) is 36.3 Å². The number of urea groups is 1. The molecule has 0 atom stereocenters. The van der Waals surface area contributed by atoms with Gasteiger partial charge in [-0.25, -0.2) is 4.79 Å². The van der Waals surface area contributed by atoms with Gasteiger partial charge in [0.2, 0.25) is 5.75 Å². The summed E-state index contributed by atoms with van der Waals surface area (Å²) in [5, 5.41) is 5.91. The van der Waals surface area contributed by atoms with Crippen molar-refractivity contribution in [3.05, 3.63) is 17.7 Å². The van der Waals surface area contributed by atoms with E-state index in [2.05, 4.69) is 10.6 Å². The zero-order valence-electron chi connectivity index (χ0n) is 14.1. The Kier molecular flexibility index (Phi) is 6.38. The van der Waals surface area contributed by atoms with Gasteiger partial charge in [-0.3, -0.25) is 0 Å². The molecule has 1 fully saturated rings. The maximum Gasteiger partial charge on any atom is 0.315 e. The highest BCUT2D eigenvalue weighted by Gasteiger charge is 2.18. The van der Waals surface area contributed by atoms with Gasteiger partial charge < -0.3 is 24.8 Å².